The van der Waals surface area contributed by atoms with Crippen molar-refractivity contribution in [1.82, 2.24) is 0 Å². The van der Waals surface area contributed by atoms with E-state index in [4.69, 9.17) is 9.84 Å². The first-order chi connectivity index (χ1) is 12.7. The van der Waals surface area contributed by atoms with Crippen LogP contribution in [-0.2, 0) is 0 Å². The third-order valence-electron chi connectivity index (χ3n) is 5.15. The first kappa shape index (κ1) is 20.9. The number of halogens is 1. The quantitative estimate of drug-likeness (QED) is 0.575. The second-order valence-electron chi connectivity index (χ2n) is 7.71. The lowest BCUT2D eigenvalue weighted by atomic mass is 9.72. The zero-order chi connectivity index (χ0) is 20.2. The summed E-state index contributed by atoms with van der Waals surface area (Å²) in [5, 5.41) is 9.14. The molecule has 0 aliphatic heterocycles. The summed E-state index contributed by atoms with van der Waals surface area (Å²) in [6.45, 7) is 10.4. The maximum atomic E-state index is 15.1. The molecule has 1 aromatic rings. The van der Waals surface area contributed by atoms with Crippen LogP contribution in [0.15, 0.2) is 47.1 Å². The number of allylic oxidation sites excluding steroid dienone is 5. The van der Waals surface area contributed by atoms with Crippen molar-refractivity contribution in [2.45, 2.75) is 53.9 Å². The maximum Gasteiger partial charge on any atom is 0.335 e. The molecule has 0 radical (unpaired) electrons. The number of benzene rings is 1. The second-order valence-corrected chi connectivity index (χ2v) is 7.71. The van der Waals surface area contributed by atoms with E-state index in [0.29, 0.717) is 12.2 Å². The predicted octanol–water partition coefficient (Wildman–Crippen LogP) is 6.57. The van der Waals surface area contributed by atoms with Crippen LogP contribution in [0, 0.1) is 5.41 Å². The first-order valence-corrected chi connectivity index (χ1v) is 9.42. The van der Waals surface area contributed by atoms with Gasteiger partial charge in [-0.2, -0.15) is 0 Å². The van der Waals surface area contributed by atoms with Crippen molar-refractivity contribution < 1.29 is 19.0 Å². The van der Waals surface area contributed by atoms with Gasteiger partial charge in [-0.15, -0.1) is 0 Å². The minimum absolute atomic E-state index is 0.0768. The van der Waals surface area contributed by atoms with Crippen LogP contribution in [-0.4, -0.2) is 17.7 Å². The summed E-state index contributed by atoms with van der Waals surface area (Å²) in [4.78, 5) is 11.2. The van der Waals surface area contributed by atoms with E-state index in [1.807, 2.05) is 12.2 Å². The third kappa shape index (κ3) is 4.88. The average molecular weight is 372 g/mol. The number of hydrogen-bond acceptors (Lipinski definition) is 2. The van der Waals surface area contributed by atoms with E-state index in [1.165, 1.54) is 35.8 Å². The van der Waals surface area contributed by atoms with Gasteiger partial charge < -0.3 is 9.84 Å². The van der Waals surface area contributed by atoms with E-state index in [-0.39, 0.29) is 22.3 Å². The Morgan fingerprint density at radius 2 is 2.07 bits per heavy atom. The van der Waals surface area contributed by atoms with Crippen molar-refractivity contribution in [1.29, 1.82) is 0 Å². The average Bonchev–Trinajstić information content (AvgIpc) is 2.60. The maximum absolute atomic E-state index is 15.1. The Balaban J connectivity index is 2.41. The molecule has 0 amide bonds. The molecule has 0 saturated carbocycles. The first-order valence-electron chi connectivity index (χ1n) is 9.42. The van der Waals surface area contributed by atoms with Crippen LogP contribution < -0.4 is 4.74 Å². The highest BCUT2D eigenvalue weighted by atomic mass is 19.1. The highest BCUT2D eigenvalue weighted by Crippen LogP contribution is 2.41. The summed E-state index contributed by atoms with van der Waals surface area (Å²) in [5.41, 5.74) is 3.56. The van der Waals surface area contributed by atoms with Gasteiger partial charge in [0.25, 0.3) is 0 Å². The zero-order valence-electron chi connectivity index (χ0n) is 16.9. The molecule has 1 aromatic carbocycles. The smallest absolute Gasteiger partial charge is 0.335 e. The molecule has 27 heavy (non-hydrogen) atoms. The van der Waals surface area contributed by atoms with Crippen molar-refractivity contribution in [3.8, 4) is 5.75 Å². The van der Waals surface area contributed by atoms with E-state index < -0.39 is 11.8 Å². The molecule has 0 aromatic heterocycles. The van der Waals surface area contributed by atoms with Crippen molar-refractivity contribution in [2.75, 3.05) is 6.61 Å². The molecule has 0 atom stereocenters. The number of rotatable bonds is 6. The summed E-state index contributed by atoms with van der Waals surface area (Å²) in [6, 6.07) is 4.23. The van der Waals surface area contributed by atoms with Gasteiger partial charge in [0.2, 0.25) is 0 Å². The number of carbonyl (C=O) groups is 1. The standard InChI is InChI=1S/C23H29FO3/c1-6-27-20-14-17(22(25)26)10-11-18(20)21(24)16(3)9-12-19-15(2)8-7-13-23(19,4)5/h9-12,14H,6-8,13H2,1-5H3,(H,25,26). The molecular weight excluding hydrogens is 343 g/mol. The van der Waals surface area contributed by atoms with Crippen LogP contribution in [0.25, 0.3) is 5.83 Å². The van der Waals surface area contributed by atoms with Gasteiger partial charge in [0.05, 0.1) is 17.7 Å². The van der Waals surface area contributed by atoms with Gasteiger partial charge in [0, 0.05) is 0 Å². The summed E-state index contributed by atoms with van der Waals surface area (Å²) in [7, 11) is 0. The van der Waals surface area contributed by atoms with E-state index in [0.717, 1.165) is 12.8 Å². The van der Waals surface area contributed by atoms with Crippen molar-refractivity contribution >= 4 is 11.8 Å². The molecule has 4 heteroatoms. The molecule has 0 spiro atoms. The van der Waals surface area contributed by atoms with Crippen molar-refractivity contribution in [3.63, 3.8) is 0 Å². The Labute approximate surface area is 161 Å². The lowest BCUT2D eigenvalue weighted by Gasteiger charge is -2.33. The Kier molecular flexibility index (Phi) is 6.63. The lowest BCUT2D eigenvalue weighted by Crippen LogP contribution is -2.19. The van der Waals surface area contributed by atoms with Gasteiger partial charge in [-0.3, -0.25) is 0 Å². The zero-order valence-corrected chi connectivity index (χ0v) is 16.9. The molecule has 1 aliphatic carbocycles. The molecule has 0 heterocycles. The van der Waals surface area contributed by atoms with E-state index in [2.05, 4.69) is 20.8 Å². The minimum atomic E-state index is -1.06. The summed E-state index contributed by atoms with van der Waals surface area (Å²) in [6.07, 6.45) is 7.23. The summed E-state index contributed by atoms with van der Waals surface area (Å²) in [5.74, 6) is -1.22. The van der Waals surface area contributed by atoms with Crippen LogP contribution >= 0.6 is 0 Å². The van der Waals surface area contributed by atoms with Crippen LogP contribution in [0.5, 0.6) is 5.75 Å². The van der Waals surface area contributed by atoms with Crippen LogP contribution in [0.4, 0.5) is 4.39 Å². The molecular formula is C23H29FO3. The number of carboxylic acid groups (broad SMARTS) is 1. The Morgan fingerprint density at radius 3 is 2.67 bits per heavy atom. The van der Waals surface area contributed by atoms with Crippen LogP contribution in [0.3, 0.4) is 0 Å². The van der Waals surface area contributed by atoms with E-state index >= 15 is 4.39 Å². The molecule has 1 aliphatic rings. The molecule has 0 bridgehead atoms. The second kappa shape index (κ2) is 8.55. The molecule has 3 nitrogen and oxygen atoms in total. The summed E-state index contributed by atoms with van der Waals surface area (Å²) < 4.78 is 20.5. The van der Waals surface area contributed by atoms with Gasteiger partial charge in [-0.25, -0.2) is 9.18 Å². The molecule has 0 saturated heterocycles. The third-order valence-corrected chi connectivity index (χ3v) is 5.15. The van der Waals surface area contributed by atoms with Crippen LogP contribution in [0.2, 0.25) is 0 Å². The Bertz CT molecular complexity index is 813. The van der Waals surface area contributed by atoms with Gasteiger partial charge >= 0.3 is 5.97 Å². The predicted molar refractivity (Wildman–Crippen MR) is 108 cm³/mol. The fourth-order valence-corrected chi connectivity index (χ4v) is 3.62. The minimum Gasteiger partial charge on any atom is -0.493 e. The molecule has 0 fully saturated rings. The van der Waals surface area contributed by atoms with Gasteiger partial charge in [0.1, 0.15) is 11.6 Å². The number of aromatic carboxylic acids is 1. The van der Waals surface area contributed by atoms with E-state index in [1.54, 1.807) is 13.8 Å². The number of ether oxygens (including phenoxy) is 1. The highest BCUT2D eigenvalue weighted by Gasteiger charge is 2.26. The molecule has 146 valence electrons. The summed E-state index contributed by atoms with van der Waals surface area (Å²) >= 11 is 0. The fourth-order valence-electron chi connectivity index (χ4n) is 3.62. The van der Waals surface area contributed by atoms with Crippen molar-refractivity contribution in [2.24, 2.45) is 5.41 Å². The largest absolute Gasteiger partial charge is 0.493 e. The Hall–Kier alpha value is -2.36. The van der Waals surface area contributed by atoms with Crippen molar-refractivity contribution in [3.05, 3.63) is 58.2 Å². The SMILES string of the molecule is CCOc1cc(C(=O)O)ccc1C(F)=C(C)C=CC1=C(C)CCCC1(C)C. The van der Waals surface area contributed by atoms with Gasteiger partial charge in [0.15, 0.2) is 0 Å². The normalized spacial score (nSPS) is 17.9. The molecule has 2 rings (SSSR count). The number of carboxylic acids is 1. The highest BCUT2D eigenvalue weighted by molar-refractivity contribution is 5.89. The van der Waals surface area contributed by atoms with Gasteiger partial charge in [-0.05, 0) is 74.8 Å². The number of hydrogen-bond donors (Lipinski definition) is 1. The molecule has 0 unspecified atom stereocenters. The molecule has 1 N–H and O–H groups in total. The Morgan fingerprint density at radius 1 is 1.37 bits per heavy atom. The van der Waals surface area contributed by atoms with Crippen LogP contribution in [0.1, 0.15) is 69.8 Å². The topological polar surface area (TPSA) is 46.5 Å². The van der Waals surface area contributed by atoms with E-state index in [9.17, 15) is 4.79 Å². The van der Waals surface area contributed by atoms with Gasteiger partial charge in [-0.1, -0.05) is 31.6 Å². The lowest BCUT2D eigenvalue weighted by molar-refractivity contribution is 0.0696. The monoisotopic (exact) mass is 372 g/mol. The fraction of sp³-hybridized carbons (Fsp3) is 0.435.